The van der Waals surface area contributed by atoms with Gasteiger partial charge in [-0.15, -0.1) is 10.2 Å². The minimum atomic E-state index is -1.23. The van der Waals surface area contributed by atoms with E-state index in [2.05, 4.69) is 10.2 Å². The van der Waals surface area contributed by atoms with E-state index in [1.165, 1.54) is 17.8 Å². The average molecular weight is 493 g/mol. The number of rotatable bonds is 8. The van der Waals surface area contributed by atoms with Crippen molar-refractivity contribution in [1.82, 2.24) is 14.8 Å². The van der Waals surface area contributed by atoms with Gasteiger partial charge in [-0.2, -0.15) is 0 Å². The lowest BCUT2D eigenvalue weighted by Gasteiger charge is -2.09. The molecular weight excluding hydrogens is 476 g/mol. The molecule has 0 aliphatic heterocycles. The minimum Gasteiger partial charge on any atom is -0.306 e. The molecule has 1 atom stereocenters. The zero-order valence-electron chi connectivity index (χ0n) is 15.4. The van der Waals surface area contributed by atoms with E-state index in [4.69, 9.17) is 34.8 Å². The maximum Gasteiger partial charge on any atom is 0.191 e. The monoisotopic (exact) mass is 491 g/mol. The van der Waals surface area contributed by atoms with Gasteiger partial charge >= 0.3 is 0 Å². The van der Waals surface area contributed by atoms with Crippen molar-refractivity contribution in [2.45, 2.75) is 35.9 Å². The fourth-order valence-corrected chi connectivity index (χ4v) is 5.79. The van der Waals surface area contributed by atoms with Crippen molar-refractivity contribution in [1.29, 1.82) is 0 Å². The molecule has 4 nitrogen and oxygen atoms in total. The highest BCUT2D eigenvalue weighted by molar-refractivity contribution is 7.98. The molecule has 2 aromatic carbocycles. The van der Waals surface area contributed by atoms with Crippen LogP contribution in [0.4, 0.5) is 4.39 Å². The van der Waals surface area contributed by atoms with Crippen molar-refractivity contribution in [3.05, 3.63) is 74.2 Å². The highest BCUT2D eigenvalue weighted by Gasteiger charge is 2.16. The van der Waals surface area contributed by atoms with Crippen LogP contribution in [0, 0.1) is 5.82 Å². The Hall–Kier alpha value is -1.12. The van der Waals surface area contributed by atoms with Gasteiger partial charge in [0.05, 0.1) is 11.5 Å². The van der Waals surface area contributed by atoms with Gasteiger partial charge < -0.3 is 4.57 Å². The van der Waals surface area contributed by atoms with Gasteiger partial charge in [0.15, 0.2) is 5.16 Å². The molecule has 3 rings (SSSR count). The zero-order valence-corrected chi connectivity index (χ0v) is 19.3. The number of benzene rings is 2. The summed E-state index contributed by atoms with van der Waals surface area (Å²) in [5.41, 5.74) is 1.19. The SMILES string of the molecule is CCn1c(C[S@@](=O)Cc2ccc(Cl)cc2Cl)nnc1SCc1c(F)cccc1Cl. The lowest BCUT2D eigenvalue weighted by molar-refractivity contribution is 0.617. The van der Waals surface area contributed by atoms with Gasteiger partial charge in [-0.05, 0) is 36.8 Å². The van der Waals surface area contributed by atoms with Crippen LogP contribution in [-0.4, -0.2) is 19.0 Å². The fraction of sp³-hybridized carbons (Fsp3) is 0.263. The quantitative estimate of drug-likeness (QED) is 0.354. The lowest BCUT2D eigenvalue weighted by Crippen LogP contribution is -2.08. The van der Waals surface area contributed by atoms with Gasteiger partial charge in [0.1, 0.15) is 11.6 Å². The van der Waals surface area contributed by atoms with Crippen LogP contribution >= 0.6 is 46.6 Å². The first-order valence-electron chi connectivity index (χ1n) is 8.65. The second kappa shape index (κ2) is 10.3. The van der Waals surface area contributed by atoms with E-state index in [1.807, 2.05) is 11.5 Å². The molecule has 0 spiro atoms. The van der Waals surface area contributed by atoms with Crippen molar-refractivity contribution in [3.63, 3.8) is 0 Å². The van der Waals surface area contributed by atoms with E-state index in [0.717, 1.165) is 5.56 Å². The number of nitrogens with zero attached hydrogens (tertiary/aromatic N) is 3. The van der Waals surface area contributed by atoms with Crippen LogP contribution in [0.1, 0.15) is 23.9 Å². The van der Waals surface area contributed by atoms with E-state index in [0.29, 0.717) is 49.7 Å². The normalized spacial score (nSPS) is 12.3. The van der Waals surface area contributed by atoms with Gasteiger partial charge in [0.25, 0.3) is 0 Å². The van der Waals surface area contributed by atoms with Gasteiger partial charge in [-0.25, -0.2) is 4.39 Å². The molecular formula is C19H17Cl3FN3OS2. The van der Waals surface area contributed by atoms with E-state index >= 15 is 0 Å². The number of hydrogen-bond donors (Lipinski definition) is 0. The fourth-order valence-electron chi connectivity index (χ4n) is 2.66. The first kappa shape index (κ1) is 22.6. The van der Waals surface area contributed by atoms with Crippen LogP contribution in [0.5, 0.6) is 0 Å². The first-order chi connectivity index (χ1) is 13.9. The van der Waals surface area contributed by atoms with Crippen molar-refractivity contribution in [3.8, 4) is 0 Å². The predicted octanol–water partition coefficient (Wildman–Crippen LogP) is 6.14. The summed E-state index contributed by atoms with van der Waals surface area (Å²) in [6, 6.07) is 9.72. The lowest BCUT2D eigenvalue weighted by atomic mass is 10.2. The molecule has 0 aliphatic carbocycles. The van der Waals surface area contributed by atoms with Crippen LogP contribution in [0.15, 0.2) is 41.6 Å². The topological polar surface area (TPSA) is 47.8 Å². The molecule has 0 radical (unpaired) electrons. The molecule has 0 bridgehead atoms. The molecule has 0 saturated carbocycles. The number of aromatic nitrogens is 3. The summed E-state index contributed by atoms with van der Waals surface area (Å²) in [6.45, 7) is 2.56. The first-order valence-corrected chi connectivity index (χ1v) is 12.3. The Balaban J connectivity index is 1.69. The Morgan fingerprint density at radius 2 is 1.90 bits per heavy atom. The summed E-state index contributed by atoms with van der Waals surface area (Å²) in [5.74, 6) is 1.11. The van der Waals surface area contributed by atoms with Crippen molar-refractivity contribution >= 4 is 57.4 Å². The molecule has 1 aromatic heterocycles. The third-order valence-electron chi connectivity index (χ3n) is 4.14. The molecule has 0 aliphatic rings. The van der Waals surface area contributed by atoms with E-state index in [1.54, 1.807) is 30.3 Å². The summed E-state index contributed by atoms with van der Waals surface area (Å²) in [6.07, 6.45) is 0. The Morgan fingerprint density at radius 1 is 1.10 bits per heavy atom. The summed E-state index contributed by atoms with van der Waals surface area (Å²) in [7, 11) is -1.23. The third kappa shape index (κ3) is 5.73. The minimum absolute atomic E-state index is 0.237. The van der Waals surface area contributed by atoms with Gasteiger partial charge in [-0.3, -0.25) is 4.21 Å². The van der Waals surface area contributed by atoms with Crippen LogP contribution in [0.2, 0.25) is 15.1 Å². The van der Waals surface area contributed by atoms with Gasteiger partial charge in [0.2, 0.25) is 0 Å². The van der Waals surface area contributed by atoms with Crippen LogP contribution in [-0.2, 0) is 34.6 Å². The Bertz CT molecular complexity index is 1030. The molecule has 0 unspecified atom stereocenters. The van der Waals surface area contributed by atoms with Crippen LogP contribution in [0.3, 0.4) is 0 Å². The summed E-state index contributed by atoms with van der Waals surface area (Å²) in [5, 5.41) is 10.4. The van der Waals surface area contributed by atoms with E-state index in [9.17, 15) is 8.60 Å². The molecule has 0 amide bonds. The molecule has 1 heterocycles. The highest BCUT2D eigenvalue weighted by atomic mass is 35.5. The predicted molar refractivity (Wildman–Crippen MR) is 119 cm³/mol. The Morgan fingerprint density at radius 3 is 2.59 bits per heavy atom. The van der Waals surface area contributed by atoms with E-state index < -0.39 is 10.8 Å². The molecule has 3 aromatic rings. The second-order valence-corrected chi connectivity index (χ2v) is 9.75. The summed E-state index contributed by atoms with van der Waals surface area (Å²) >= 11 is 19.5. The van der Waals surface area contributed by atoms with E-state index in [-0.39, 0.29) is 11.6 Å². The van der Waals surface area contributed by atoms with Crippen molar-refractivity contribution in [2.75, 3.05) is 0 Å². The van der Waals surface area contributed by atoms with Crippen LogP contribution in [0.25, 0.3) is 0 Å². The molecule has 0 saturated heterocycles. The van der Waals surface area contributed by atoms with Crippen molar-refractivity contribution < 1.29 is 8.60 Å². The van der Waals surface area contributed by atoms with Crippen LogP contribution < -0.4 is 0 Å². The van der Waals surface area contributed by atoms with Gasteiger partial charge in [0, 0.05) is 43.7 Å². The largest absolute Gasteiger partial charge is 0.306 e. The second-order valence-electron chi connectivity index (χ2n) is 6.10. The molecule has 154 valence electrons. The Kier molecular flexibility index (Phi) is 7.99. The number of hydrogen-bond acceptors (Lipinski definition) is 4. The highest BCUT2D eigenvalue weighted by Crippen LogP contribution is 2.28. The molecule has 0 fully saturated rings. The summed E-state index contributed by atoms with van der Waals surface area (Å²) < 4.78 is 28.5. The Labute approximate surface area is 190 Å². The maximum absolute atomic E-state index is 14.0. The third-order valence-corrected chi connectivity index (χ3v) is 7.29. The van der Waals surface area contributed by atoms with Gasteiger partial charge in [-0.1, -0.05) is 58.7 Å². The molecule has 0 N–H and O–H groups in total. The van der Waals surface area contributed by atoms with Crippen molar-refractivity contribution in [2.24, 2.45) is 0 Å². The smallest absolute Gasteiger partial charge is 0.191 e. The average Bonchev–Trinajstić information content (AvgIpc) is 3.05. The molecule has 29 heavy (non-hydrogen) atoms. The number of halogens is 4. The maximum atomic E-state index is 14.0. The number of thioether (sulfide) groups is 1. The molecule has 10 heteroatoms. The standard InChI is InChI=1S/C19H17Cl3FN3OS2/c1-2-26-18(11-29(27)10-12-6-7-13(20)8-16(12)22)24-25-19(26)28-9-14-15(21)4-3-5-17(14)23/h3-8H,2,9-11H2,1H3/t29-/m0/s1. The summed E-state index contributed by atoms with van der Waals surface area (Å²) in [4.78, 5) is 0. The zero-order chi connectivity index (χ0) is 21.0.